The second-order valence-corrected chi connectivity index (χ2v) is 7.19. The van der Waals surface area contributed by atoms with E-state index >= 15 is 0 Å². The Bertz CT molecular complexity index is 979. The number of ether oxygens (including phenoxy) is 1. The van der Waals surface area contributed by atoms with Gasteiger partial charge in [-0.3, -0.25) is 9.59 Å². The molecule has 2 amide bonds. The third-order valence-electron chi connectivity index (χ3n) is 5.10. The molecule has 0 saturated carbocycles. The quantitative estimate of drug-likeness (QED) is 0.631. The summed E-state index contributed by atoms with van der Waals surface area (Å²) in [6, 6.07) is 20.7. The Morgan fingerprint density at radius 2 is 1.67 bits per heavy atom. The molecular weight excluding hydrogens is 380 g/mol. The van der Waals surface area contributed by atoms with E-state index < -0.39 is 0 Å². The van der Waals surface area contributed by atoms with Crippen LogP contribution in [0.1, 0.15) is 21.7 Å². The molecule has 3 aromatic rings. The van der Waals surface area contributed by atoms with Crippen LogP contribution in [-0.2, 0) is 22.5 Å². The number of morpholine rings is 1. The summed E-state index contributed by atoms with van der Waals surface area (Å²) in [4.78, 5) is 29.3. The van der Waals surface area contributed by atoms with Gasteiger partial charge in [0.2, 0.25) is 5.91 Å². The second-order valence-electron chi connectivity index (χ2n) is 7.19. The summed E-state index contributed by atoms with van der Waals surface area (Å²) >= 11 is 0. The predicted molar refractivity (Wildman–Crippen MR) is 113 cm³/mol. The maximum atomic E-state index is 13.1. The number of amides is 2. The normalized spacial score (nSPS) is 13.8. The standard InChI is InChI=1S/C24H24N2O4/c27-23(25-11-14-29-15-12-25)17-20-8-4-9-21(16-20)26(18-19-6-2-1-3-7-19)24(28)22-10-5-13-30-22/h1-10,13,16H,11-12,14-15,17-18H2. The molecule has 30 heavy (non-hydrogen) atoms. The van der Waals surface area contributed by atoms with Gasteiger partial charge in [0.25, 0.3) is 5.91 Å². The molecule has 154 valence electrons. The van der Waals surface area contributed by atoms with Crippen LogP contribution in [0.3, 0.4) is 0 Å². The average molecular weight is 404 g/mol. The number of nitrogens with zero attached hydrogens (tertiary/aromatic N) is 2. The fourth-order valence-corrected chi connectivity index (χ4v) is 3.51. The van der Waals surface area contributed by atoms with Crippen molar-refractivity contribution in [2.45, 2.75) is 13.0 Å². The number of hydrogen-bond acceptors (Lipinski definition) is 4. The Morgan fingerprint density at radius 3 is 2.40 bits per heavy atom. The van der Waals surface area contributed by atoms with Crippen LogP contribution in [0.5, 0.6) is 0 Å². The molecule has 1 aromatic heterocycles. The first-order valence-corrected chi connectivity index (χ1v) is 10.0. The van der Waals surface area contributed by atoms with Crippen molar-refractivity contribution in [2.75, 3.05) is 31.2 Å². The van der Waals surface area contributed by atoms with Crippen LogP contribution in [0.4, 0.5) is 5.69 Å². The summed E-state index contributed by atoms with van der Waals surface area (Å²) in [5, 5.41) is 0. The molecule has 6 nitrogen and oxygen atoms in total. The highest BCUT2D eigenvalue weighted by Gasteiger charge is 2.22. The Morgan fingerprint density at radius 1 is 0.900 bits per heavy atom. The van der Waals surface area contributed by atoms with Crippen LogP contribution in [0, 0.1) is 0 Å². The molecule has 6 heteroatoms. The van der Waals surface area contributed by atoms with E-state index in [4.69, 9.17) is 9.15 Å². The number of furan rings is 1. The van der Waals surface area contributed by atoms with Gasteiger partial charge in [-0.25, -0.2) is 0 Å². The molecule has 1 fully saturated rings. The predicted octanol–water partition coefficient (Wildman–Crippen LogP) is 3.53. The Labute approximate surface area is 175 Å². The summed E-state index contributed by atoms with van der Waals surface area (Å²) in [6.07, 6.45) is 1.79. The van der Waals surface area contributed by atoms with Crippen molar-refractivity contribution >= 4 is 17.5 Å². The number of carbonyl (C=O) groups is 2. The van der Waals surface area contributed by atoms with E-state index in [-0.39, 0.29) is 17.6 Å². The van der Waals surface area contributed by atoms with Crippen LogP contribution in [0.2, 0.25) is 0 Å². The average Bonchev–Trinajstić information content (AvgIpc) is 3.33. The molecule has 0 radical (unpaired) electrons. The molecule has 0 aliphatic carbocycles. The van der Waals surface area contributed by atoms with Crippen molar-refractivity contribution in [3.8, 4) is 0 Å². The molecule has 0 atom stereocenters. The minimum atomic E-state index is -0.222. The van der Waals surface area contributed by atoms with Crippen molar-refractivity contribution in [3.63, 3.8) is 0 Å². The third-order valence-corrected chi connectivity index (χ3v) is 5.10. The first-order valence-electron chi connectivity index (χ1n) is 10.0. The number of rotatable bonds is 6. The molecule has 2 aromatic carbocycles. The first kappa shape index (κ1) is 19.9. The minimum absolute atomic E-state index is 0.0717. The van der Waals surface area contributed by atoms with Gasteiger partial charge >= 0.3 is 0 Å². The maximum absolute atomic E-state index is 13.1. The summed E-state index contributed by atoms with van der Waals surface area (Å²) < 4.78 is 10.7. The highest BCUT2D eigenvalue weighted by atomic mass is 16.5. The molecule has 1 aliphatic heterocycles. The fourth-order valence-electron chi connectivity index (χ4n) is 3.51. The van der Waals surface area contributed by atoms with Crippen molar-refractivity contribution in [2.24, 2.45) is 0 Å². The Kier molecular flexibility index (Phi) is 6.25. The monoisotopic (exact) mass is 404 g/mol. The summed E-state index contributed by atoms with van der Waals surface area (Å²) in [6.45, 7) is 2.80. The van der Waals surface area contributed by atoms with Crippen LogP contribution < -0.4 is 4.90 Å². The van der Waals surface area contributed by atoms with E-state index in [1.54, 1.807) is 17.0 Å². The fraction of sp³-hybridized carbons (Fsp3) is 0.250. The summed E-state index contributed by atoms with van der Waals surface area (Å²) in [7, 11) is 0. The topological polar surface area (TPSA) is 63.0 Å². The van der Waals surface area contributed by atoms with Gasteiger partial charge in [-0.05, 0) is 35.4 Å². The van der Waals surface area contributed by atoms with E-state index in [1.165, 1.54) is 6.26 Å². The lowest BCUT2D eigenvalue weighted by molar-refractivity contribution is -0.134. The molecular formula is C24H24N2O4. The van der Waals surface area contributed by atoms with Crippen LogP contribution in [0.15, 0.2) is 77.4 Å². The number of anilines is 1. The second kappa shape index (κ2) is 9.41. The lowest BCUT2D eigenvalue weighted by atomic mass is 10.1. The lowest BCUT2D eigenvalue weighted by Gasteiger charge is -2.27. The van der Waals surface area contributed by atoms with Crippen LogP contribution in [-0.4, -0.2) is 43.0 Å². The van der Waals surface area contributed by atoms with Crippen LogP contribution in [0.25, 0.3) is 0 Å². The Hall–Kier alpha value is -3.38. The summed E-state index contributed by atoms with van der Waals surface area (Å²) in [5.41, 5.74) is 2.61. The lowest BCUT2D eigenvalue weighted by Crippen LogP contribution is -2.41. The maximum Gasteiger partial charge on any atom is 0.294 e. The van der Waals surface area contributed by atoms with Crippen molar-refractivity contribution < 1.29 is 18.7 Å². The van der Waals surface area contributed by atoms with Crippen molar-refractivity contribution in [1.82, 2.24) is 4.90 Å². The van der Waals surface area contributed by atoms with E-state index in [1.807, 2.05) is 59.5 Å². The smallest absolute Gasteiger partial charge is 0.294 e. The van der Waals surface area contributed by atoms with Gasteiger partial charge in [0, 0.05) is 18.8 Å². The van der Waals surface area contributed by atoms with E-state index in [0.29, 0.717) is 39.3 Å². The molecule has 0 spiro atoms. The highest BCUT2D eigenvalue weighted by Crippen LogP contribution is 2.22. The van der Waals surface area contributed by atoms with Gasteiger partial charge in [0.1, 0.15) is 0 Å². The Balaban J connectivity index is 1.57. The molecule has 1 aliphatic rings. The van der Waals surface area contributed by atoms with Gasteiger partial charge in [0.05, 0.1) is 32.4 Å². The largest absolute Gasteiger partial charge is 0.459 e. The number of carbonyl (C=O) groups excluding carboxylic acids is 2. The van der Waals surface area contributed by atoms with Gasteiger partial charge < -0.3 is 19.0 Å². The molecule has 0 bridgehead atoms. The zero-order chi connectivity index (χ0) is 20.8. The van der Waals surface area contributed by atoms with Gasteiger partial charge in [0.15, 0.2) is 5.76 Å². The van der Waals surface area contributed by atoms with E-state index in [0.717, 1.165) is 16.8 Å². The minimum Gasteiger partial charge on any atom is -0.459 e. The van der Waals surface area contributed by atoms with Gasteiger partial charge in [-0.2, -0.15) is 0 Å². The van der Waals surface area contributed by atoms with Gasteiger partial charge in [-0.1, -0.05) is 42.5 Å². The van der Waals surface area contributed by atoms with E-state index in [2.05, 4.69) is 0 Å². The number of benzene rings is 2. The number of hydrogen-bond donors (Lipinski definition) is 0. The zero-order valence-electron chi connectivity index (χ0n) is 16.7. The molecule has 2 heterocycles. The third kappa shape index (κ3) is 4.78. The molecule has 0 N–H and O–H groups in total. The van der Waals surface area contributed by atoms with E-state index in [9.17, 15) is 9.59 Å². The summed E-state index contributed by atoms with van der Waals surface area (Å²) in [5.74, 6) is 0.128. The molecule has 0 unspecified atom stereocenters. The highest BCUT2D eigenvalue weighted by molar-refractivity contribution is 6.04. The SMILES string of the molecule is O=C(Cc1cccc(N(Cc2ccccc2)C(=O)c2ccco2)c1)N1CCOCC1. The zero-order valence-corrected chi connectivity index (χ0v) is 16.7. The first-order chi connectivity index (χ1) is 14.7. The molecule has 4 rings (SSSR count). The van der Waals surface area contributed by atoms with Crippen molar-refractivity contribution in [3.05, 3.63) is 89.9 Å². The van der Waals surface area contributed by atoms with Gasteiger partial charge in [-0.15, -0.1) is 0 Å². The van der Waals surface area contributed by atoms with Crippen LogP contribution >= 0.6 is 0 Å². The van der Waals surface area contributed by atoms with Crippen molar-refractivity contribution in [1.29, 1.82) is 0 Å². The molecule has 1 saturated heterocycles.